The molecule has 1 aliphatic heterocycles. The van der Waals surface area contributed by atoms with Crippen molar-refractivity contribution in [3.8, 4) is 11.5 Å². The summed E-state index contributed by atoms with van der Waals surface area (Å²) < 4.78 is 26.5. The van der Waals surface area contributed by atoms with Gasteiger partial charge in [0.25, 0.3) is 0 Å². The van der Waals surface area contributed by atoms with Crippen LogP contribution in [0, 0.1) is 11.8 Å². The molecule has 2 saturated carbocycles. The average Bonchev–Trinajstić information content (AvgIpc) is 3.84. The number of aromatic amines is 1. The molecule has 0 amide bonds. The molecule has 50 heavy (non-hydrogen) atoms. The first-order chi connectivity index (χ1) is 24.2. The van der Waals surface area contributed by atoms with Crippen LogP contribution in [0.1, 0.15) is 57.0 Å². The van der Waals surface area contributed by atoms with Crippen LogP contribution in [0.3, 0.4) is 0 Å². The highest BCUT2D eigenvalue weighted by molar-refractivity contribution is 6.33. The Morgan fingerprint density at radius 2 is 1.88 bits per heavy atom. The summed E-state index contributed by atoms with van der Waals surface area (Å²) >= 11 is 0. The number of nitrogens with zero attached hydrogens (tertiary/aromatic N) is 5. The predicted molar refractivity (Wildman–Crippen MR) is 194 cm³/mol. The Kier molecular flexibility index (Phi) is 8.73. The molecule has 2 aromatic carbocycles. The first-order valence-electron chi connectivity index (χ1n) is 17.7. The normalized spacial score (nSPS) is 25.6. The summed E-state index contributed by atoms with van der Waals surface area (Å²) in [5.74, 6) is 3.79. The summed E-state index contributed by atoms with van der Waals surface area (Å²) in [5.41, 5.74) is 4.67. The number of aromatic nitrogens is 5. The van der Waals surface area contributed by atoms with Crippen molar-refractivity contribution < 1.29 is 18.9 Å². The number of imidazole rings is 1. The maximum Gasteiger partial charge on any atom is 0.163 e. The lowest BCUT2D eigenvalue weighted by Gasteiger charge is -2.42. The van der Waals surface area contributed by atoms with E-state index in [-0.39, 0.29) is 18.2 Å². The number of rotatable bonds is 12. The predicted octanol–water partition coefficient (Wildman–Crippen LogP) is 5.16. The minimum absolute atomic E-state index is 0.0230. The molecular formula is C38H46BN7O4. The first kappa shape index (κ1) is 33.0. The zero-order chi connectivity index (χ0) is 34.6. The van der Waals surface area contributed by atoms with E-state index in [9.17, 15) is 0 Å². The summed E-state index contributed by atoms with van der Waals surface area (Å²) in [6.45, 7) is 5.59. The summed E-state index contributed by atoms with van der Waals surface area (Å²) in [7, 11) is 11.6. The summed E-state index contributed by atoms with van der Waals surface area (Å²) in [4.78, 5) is 20.1. The Labute approximate surface area is 294 Å². The van der Waals surface area contributed by atoms with Crippen molar-refractivity contribution in [1.82, 2.24) is 29.4 Å². The average molecular weight is 676 g/mol. The lowest BCUT2D eigenvalue weighted by molar-refractivity contribution is -0.161. The summed E-state index contributed by atoms with van der Waals surface area (Å²) in [6, 6.07) is 14.5. The maximum absolute atomic E-state index is 6.61. The zero-order valence-corrected chi connectivity index (χ0v) is 29.6. The largest absolute Gasteiger partial charge is 0.497 e. The van der Waals surface area contributed by atoms with Gasteiger partial charge in [0, 0.05) is 49.3 Å². The highest BCUT2D eigenvalue weighted by Crippen LogP contribution is 2.48. The lowest BCUT2D eigenvalue weighted by atomic mass is 9.76. The minimum atomic E-state index is -0.628. The minimum Gasteiger partial charge on any atom is -0.497 e. The van der Waals surface area contributed by atoms with Gasteiger partial charge in [-0.3, -0.25) is 0 Å². The number of nitrogens with one attached hydrogen (secondary N) is 2. The van der Waals surface area contributed by atoms with E-state index in [2.05, 4.69) is 44.1 Å². The van der Waals surface area contributed by atoms with Gasteiger partial charge in [-0.05, 0) is 82.8 Å². The SMILES string of the molecule is [B]c1ccc2nc(CCC3CC(N(C)C[C@H]4C[C@@H](n5ccc6c(NCc7ccc(OC)cc7OC)ncnc65)[C@@H]5OC(C)(C)O[C@H]45)C3)[nH]c2c1. The van der Waals surface area contributed by atoms with Crippen molar-refractivity contribution in [2.24, 2.45) is 11.8 Å². The topological polar surface area (TPSA) is 112 Å². The molecular weight excluding hydrogens is 629 g/mol. The second-order valence-corrected chi connectivity index (χ2v) is 14.8. The fourth-order valence-electron chi connectivity index (χ4n) is 8.42. The molecule has 1 saturated heterocycles. The highest BCUT2D eigenvalue weighted by Gasteiger charge is 2.55. The van der Waals surface area contributed by atoms with Crippen molar-refractivity contribution in [3.63, 3.8) is 0 Å². The quantitative estimate of drug-likeness (QED) is 0.174. The first-order valence-corrected chi connectivity index (χ1v) is 17.7. The number of hydrogen-bond acceptors (Lipinski definition) is 9. The standard InChI is InChI=1S/C38H46BN7O4/c1-38(2)49-34-24(20-45(3)26-14-22(15-26)6-11-33-43-29-10-8-25(39)17-30(29)44-33)16-31(35(34)50-38)46-13-12-28-36(41-21-42-37(28)46)40-19-23-7-9-27(47-4)18-32(23)48-5/h7-10,12-13,17-18,21-22,24,26,31,34-35H,6,11,14-16,19-20H2,1-5H3,(H,43,44)(H,40,41,42)/t22?,24-,26?,31-,34-,35+/m1/s1. The van der Waals surface area contributed by atoms with Crippen molar-refractivity contribution in [1.29, 1.82) is 0 Å². The smallest absolute Gasteiger partial charge is 0.163 e. The summed E-state index contributed by atoms with van der Waals surface area (Å²) in [6.07, 6.45) is 9.24. The molecule has 5 aromatic rings. The van der Waals surface area contributed by atoms with Gasteiger partial charge < -0.3 is 38.7 Å². The maximum atomic E-state index is 6.61. The molecule has 0 bridgehead atoms. The van der Waals surface area contributed by atoms with Crippen LogP contribution >= 0.6 is 0 Å². The number of H-pyrrole nitrogens is 1. The molecule has 4 heterocycles. The third-order valence-corrected chi connectivity index (χ3v) is 11.1. The molecule has 11 nitrogen and oxygen atoms in total. The number of aryl methyl sites for hydroxylation is 1. The molecule has 3 aromatic heterocycles. The second-order valence-electron chi connectivity index (χ2n) is 14.8. The van der Waals surface area contributed by atoms with Crippen LogP contribution in [0.5, 0.6) is 11.5 Å². The third-order valence-electron chi connectivity index (χ3n) is 11.1. The van der Waals surface area contributed by atoms with E-state index in [0.29, 0.717) is 24.4 Å². The molecule has 3 aliphatic rings. The van der Waals surface area contributed by atoms with Crippen molar-refractivity contribution in [3.05, 3.63) is 66.4 Å². The Hall–Kier alpha value is -4.13. The zero-order valence-electron chi connectivity index (χ0n) is 29.6. The van der Waals surface area contributed by atoms with Gasteiger partial charge in [0.05, 0.1) is 42.8 Å². The molecule has 3 fully saturated rings. The van der Waals surface area contributed by atoms with Gasteiger partial charge >= 0.3 is 0 Å². The number of benzene rings is 2. The summed E-state index contributed by atoms with van der Waals surface area (Å²) in [5, 5.41) is 4.49. The number of anilines is 1. The van der Waals surface area contributed by atoms with E-state index >= 15 is 0 Å². The number of methoxy groups -OCH3 is 2. The highest BCUT2D eigenvalue weighted by atomic mass is 16.8. The lowest BCUT2D eigenvalue weighted by Crippen LogP contribution is -2.46. The van der Waals surface area contributed by atoms with Crippen LogP contribution in [-0.2, 0) is 22.4 Å². The van der Waals surface area contributed by atoms with Crippen molar-refractivity contribution in [2.75, 3.05) is 33.1 Å². The van der Waals surface area contributed by atoms with Gasteiger partial charge in [-0.1, -0.05) is 11.5 Å². The van der Waals surface area contributed by atoms with E-state index in [1.54, 1.807) is 20.5 Å². The van der Waals surface area contributed by atoms with Gasteiger partial charge in [0.1, 0.15) is 49.1 Å². The molecule has 2 aliphatic carbocycles. The molecule has 2 N–H and O–H groups in total. The second kappa shape index (κ2) is 13.2. The molecule has 0 unspecified atom stereocenters. The number of fused-ring (bicyclic) bond motifs is 3. The Bertz CT molecular complexity index is 1990. The molecule has 0 spiro atoms. The van der Waals surface area contributed by atoms with Gasteiger partial charge in [-0.25, -0.2) is 15.0 Å². The van der Waals surface area contributed by atoms with E-state index in [0.717, 1.165) is 82.0 Å². The third kappa shape index (κ3) is 6.33. The van der Waals surface area contributed by atoms with Crippen LogP contribution in [-0.4, -0.2) is 89.1 Å². The van der Waals surface area contributed by atoms with E-state index < -0.39 is 5.79 Å². The Balaban J connectivity index is 0.918. The molecule has 4 atom stereocenters. The van der Waals surface area contributed by atoms with Gasteiger partial charge in [0.2, 0.25) is 0 Å². The Morgan fingerprint density at radius 1 is 1.04 bits per heavy atom. The monoisotopic (exact) mass is 675 g/mol. The van der Waals surface area contributed by atoms with Crippen LogP contribution in [0.25, 0.3) is 22.1 Å². The molecule has 12 heteroatoms. The van der Waals surface area contributed by atoms with Crippen molar-refractivity contribution >= 4 is 41.2 Å². The van der Waals surface area contributed by atoms with Gasteiger partial charge in [0.15, 0.2) is 5.79 Å². The van der Waals surface area contributed by atoms with E-state index in [4.69, 9.17) is 36.8 Å². The fourth-order valence-corrected chi connectivity index (χ4v) is 8.42. The van der Waals surface area contributed by atoms with E-state index in [1.165, 1.54) is 12.8 Å². The molecule has 8 rings (SSSR count). The Morgan fingerprint density at radius 3 is 2.70 bits per heavy atom. The fraction of sp³-hybridized carbons (Fsp3) is 0.500. The number of ether oxygens (including phenoxy) is 4. The molecule has 260 valence electrons. The van der Waals surface area contributed by atoms with Gasteiger partial charge in [-0.2, -0.15) is 0 Å². The van der Waals surface area contributed by atoms with Crippen LogP contribution in [0.4, 0.5) is 5.82 Å². The molecule has 2 radical (unpaired) electrons. The van der Waals surface area contributed by atoms with Gasteiger partial charge in [-0.15, -0.1) is 0 Å². The van der Waals surface area contributed by atoms with Crippen molar-refractivity contribution in [2.45, 2.75) is 82.6 Å². The number of hydrogen-bond donors (Lipinski definition) is 2. The van der Waals surface area contributed by atoms with Crippen LogP contribution < -0.4 is 20.3 Å². The van der Waals surface area contributed by atoms with E-state index in [1.807, 2.05) is 50.2 Å². The van der Waals surface area contributed by atoms with Crippen LogP contribution in [0.15, 0.2) is 55.0 Å². The van der Waals surface area contributed by atoms with Crippen LogP contribution in [0.2, 0.25) is 0 Å².